The molecule has 0 spiro atoms. The Balaban J connectivity index is 2.40. The minimum absolute atomic E-state index is 0.233. The summed E-state index contributed by atoms with van der Waals surface area (Å²) in [5.41, 5.74) is -1.22. The van der Waals surface area contributed by atoms with Crippen molar-refractivity contribution in [2.45, 2.75) is 18.6 Å². The number of alkyl halides is 6. The Hall–Kier alpha value is -2.47. The molecule has 2 rings (SSSR count). The summed E-state index contributed by atoms with van der Waals surface area (Å²) in [6, 6.07) is 2.40. The lowest BCUT2D eigenvalue weighted by molar-refractivity contribution is -0.274. The number of fused-ring (bicyclic) bond motifs is 1. The minimum atomic E-state index is -5.00. The Bertz CT molecular complexity index is 684. The summed E-state index contributed by atoms with van der Waals surface area (Å²) in [6.07, 6.45) is -12.0. The maximum absolute atomic E-state index is 13.1. The molecular formula is C13H9F6NO5. The highest BCUT2D eigenvalue weighted by atomic mass is 19.4. The number of hydrogen-bond donors (Lipinski definition) is 1. The van der Waals surface area contributed by atoms with Crippen molar-refractivity contribution in [2.75, 3.05) is 6.79 Å². The highest BCUT2D eigenvalue weighted by Gasteiger charge is 2.49. The molecule has 2 N–H and O–H groups in total. The normalized spacial score (nSPS) is 17.2. The zero-order valence-corrected chi connectivity index (χ0v) is 12.0. The zero-order valence-electron chi connectivity index (χ0n) is 12.0. The Morgan fingerprint density at radius 3 is 2.44 bits per heavy atom. The molecule has 1 aliphatic rings. The van der Waals surface area contributed by atoms with E-state index in [9.17, 15) is 31.1 Å². The number of ether oxygens (including phenoxy) is 3. The molecule has 0 aliphatic carbocycles. The first-order valence-electron chi connectivity index (χ1n) is 6.35. The van der Waals surface area contributed by atoms with E-state index in [4.69, 9.17) is 4.74 Å². The molecule has 1 atom stereocenters. The Morgan fingerprint density at radius 2 is 1.88 bits per heavy atom. The van der Waals surface area contributed by atoms with Gasteiger partial charge in [-0.1, -0.05) is 0 Å². The van der Waals surface area contributed by atoms with Crippen LogP contribution in [0.4, 0.5) is 26.3 Å². The van der Waals surface area contributed by atoms with Crippen LogP contribution in [0.25, 0.3) is 6.08 Å². The van der Waals surface area contributed by atoms with Crippen LogP contribution in [0.3, 0.4) is 0 Å². The number of nitrogens with two attached hydrogens (primary N) is 1. The Kier molecular flexibility index (Phi) is 5.13. The average molecular weight is 373 g/mol. The summed E-state index contributed by atoms with van der Waals surface area (Å²) < 4.78 is 88.5. The van der Waals surface area contributed by atoms with Gasteiger partial charge in [-0.25, -0.2) is 10.7 Å². The molecular weight excluding hydrogens is 364 g/mol. The van der Waals surface area contributed by atoms with E-state index < -0.39 is 42.7 Å². The number of rotatable bonds is 4. The van der Waals surface area contributed by atoms with E-state index in [2.05, 4.69) is 20.2 Å². The second-order valence-corrected chi connectivity index (χ2v) is 4.60. The van der Waals surface area contributed by atoms with Gasteiger partial charge < -0.3 is 14.2 Å². The molecule has 1 heterocycles. The van der Waals surface area contributed by atoms with E-state index in [0.717, 1.165) is 18.2 Å². The first-order chi connectivity index (χ1) is 11.5. The van der Waals surface area contributed by atoms with Crippen LogP contribution < -0.4 is 15.4 Å². The number of carbonyl (C=O) groups excluding carboxylic acids is 1. The molecule has 1 aromatic carbocycles. The number of hydrogen-bond acceptors (Lipinski definition) is 6. The predicted molar refractivity (Wildman–Crippen MR) is 67.8 cm³/mol. The molecule has 0 amide bonds. The molecule has 0 saturated carbocycles. The van der Waals surface area contributed by atoms with Crippen LogP contribution >= 0.6 is 0 Å². The lowest BCUT2D eigenvalue weighted by Crippen LogP contribution is -2.41. The number of carbonyl (C=O) groups is 1. The third kappa shape index (κ3) is 4.76. The van der Waals surface area contributed by atoms with Crippen molar-refractivity contribution in [2.24, 2.45) is 5.90 Å². The molecule has 0 radical (unpaired) electrons. The van der Waals surface area contributed by atoms with Crippen LogP contribution in [-0.2, 0) is 14.4 Å². The van der Waals surface area contributed by atoms with Crippen LogP contribution in [-0.4, -0.2) is 31.4 Å². The van der Waals surface area contributed by atoms with Gasteiger partial charge in [-0.2, -0.15) is 13.2 Å². The van der Waals surface area contributed by atoms with Crippen LogP contribution in [0.15, 0.2) is 23.8 Å². The number of halogens is 6. The second-order valence-electron chi connectivity index (χ2n) is 4.60. The number of esters is 1. The quantitative estimate of drug-likeness (QED) is 0.378. The third-order valence-electron chi connectivity index (χ3n) is 2.84. The van der Waals surface area contributed by atoms with Gasteiger partial charge in [-0.15, -0.1) is 13.2 Å². The van der Waals surface area contributed by atoms with E-state index in [1.54, 1.807) is 0 Å². The molecule has 0 bridgehead atoms. The average Bonchev–Trinajstić information content (AvgIpc) is 2.48. The lowest BCUT2D eigenvalue weighted by Gasteiger charge is -2.28. The van der Waals surface area contributed by atoms with Crippen molar-refractivity contribution in [1.29, 1.82) is 0 Å². The maximum atomic E-state index is 13.1. The van der Waals surface area contributed by atoms with Gasteiger partial charge in [0.2, 0.25) is 12.9 Å². The van der Waals surface area contributed by atoms with Crippen molar-refractivity contribution >= 4 is 12.0 Å². The highest BCUT2D eigenvalue weighted by Crippen LogP contribution is 2.39. The predicted octanol–water partition coefficient (Wildman–Crippen LogP) is 2.68. The Morgan fingerprint density at radius 1 is 1.20 bits per heavy atom. The smallest absolute Gasteiger partial charge is 0.475 e. The van der Waals surface area contributed by atoms with Crippen molar-refractivity contribution < 1.29 is 50.2 Å². The standard InChI is InChI=1S/C13H9F6NO5/c14-12(15,16)10-8(11(21)22-5-23-20)4-6-3-7(25-13(17,18)19)1-2-9(6)24-10/h1-4,10H,5,20H2. The van der Waals surface area contributed by atoms with Crippen LogP contribution in [0.1, 0.15) is 5.56 Å². The molecule has 1 aliphatic heterocycles. The first kappa shape index (κ1) is 18.9. The van der Waals surface area contributed by atoms with Crippen LogP contribution in [0.5, 0.6) is 11.5 Å². The molecule has 12 heteroatoms. The van der Waals surface area contributed by atoms with Crippen LogP contribution in [0.2, 0.25) is 0 Å². The summed E-state index contributed by atoms with van der Waals surface area (Å²) in [7, 11) is 0. The second kappa shape index (κ2) is 6.80. The lowest BCUT2D eigenvalue weighted by atomic mass is 10.0. The minimum Gasteiger partial charge on any atom is -0.475 e. The fourth-order valence-corrected chi connectivity index (χ4v) is 1.96. The van der Waals surface area contributed by atoms with Gasteiger partial charge in [0.05, 0.1) is 5.57 Å². The van der Waals surface area contributed by atoms with Crippen LogP contribution in [0, 0.1) is 0 Å². The summed E-state index contributed by atoms with van der Waals surface area (Å²) in [5.74, 6) is 2.07. The van der Waals surface area contributed by atoms with Gasteiger partial charge in [0.1, 0.15) is 11.5 Å². The topological polar surface area (TPSA) is 80.0 Å². The zero-order chi connectivity index (χ0) is 18.8. The van der Waals surface area contributed by atoms with Crippen molar-refractivity contribution in [3.05, 3.63) is 29.3 Å². The van der Waals surface area contributed by atoms with Gasteiger partial charge >= 0.3 is 18.5 Å². The third-order valence-corrected chi connectivity index (χ3v) is 2.84. The van der Waals surface area contributed by atoms with Crippen molar-refractivity contribution in [3.63, 3.8) is 0 Å². The highest BCUT2D eigenvalue weighted by molar-refractivity contribution is 5.96. The van der Waals surface area contributed by atoms with Crippen molar-refractivity contribution in [1.82, 2.24) is 0 Å². The molecule has 1 aromatic rings. The van der Waals surface area contributed by atoms with E-state index >= 15 is 0 Å². The van der Waals surface area contributed by atoms with Crippen molar-refractivity contribution in [3.8, 4) is 11.5 Å². The van der Waals surface area contributed by atoms with E-state index in [0.29, 0.717) is 6.08 Å². The van der Waals surface area contributed by atoms with Gasteiger partial charge in [0.25, 0.3) is 0 Å². The fourth-order valence-electron chi connectivity index (χ4n) is 1.96. The van der Waals surface area contributed by atoms with Gasteiger partial charge in [0, 0.05) is 5.56 Å². The summed E-state index contributed by atoms with van der Waals surface area (Å²) >= 11 is 0. The van der Waals surface area contributed by atoms with Gasteiger partial charge in [-0.3, -0.25) is 4.84 Å². The SMILES string of the molecule is NOCOC(=O)C1=Cc2cc(OC(F)(F)F)ccc2OC1C(F)(F)F. The van der Waals surface area contributed by atoms with E-state index in [1.807, 2.05) is 0 Å². The number of benzene rings is 1. The summed E-state index contributed by atoms with van der Waals surface area (Å²) in [5, 5.41) is 0. The molecule has 25 heavy (non-hydrogen) atoms. The molecule has 1 unspecified atom stereocenters. The monoisotopic (exact) mass is 373 g/mol. The van der Waals surface area contributed by atoms with E-state index in [-0.39, 0.29) is 11.3 Å². The van der Waals surface area contributed by atoms with Gasteiger partial charge in [-0.05, 0) is 24.3 Å². The molecule has 0 aromatic heterocycles. The molecule has 6 nitrogen and oxygen atoms in total. The van der Waals surface area contributed by atoms with E-state index in [1.165, 1.54) is 0 Å². The fraction of sp³-hybridized carbons (Fsp3) is 0.308. The van der Waals surface area contributed by atoms with Gasteiger partial charge in [0.15, 0.2) is 0 Å². The summed E-state index contributed by atoms with van der Waals surface area (Å²) in [4.78, 5) is 15.7. The first-order valence-corrected chi connectivity index (χ1v) is 6.35. The largest absolute Gasteiger partial charge is 0.573 e. The molecule has 0 saturated heterocycles. The molecule has 0 fully saturated rings. The summed E-state index contributed by atoms with van der Waals surface area (Å²) in [6.45, 7) is -0.829. The Labute approximate surface area is 135 Å². The maximum Gasteiger partial charge on any atom is 0.573 e. The molecule has 138 valence electrons.